The predicted molar refractivity (Wildman–Crippen MR) is 70.5 cm³/mol. The summed E-state index contributed by atoms with van der Waals surface area (Å²) in [5.74, 6) is -0.636. The largest absolute Gasteiger partial charge is 0.481 e. The molecular formula is C13H24N2O4. The Balaban J connectivity index is 2.71. The van der Waals surface area contributed by atoms with Crippen molar-refractivity contribution in [3.8, 4) is 0 Å². The SMILES string of the molecule is CC(C)CN1C(=O)CN(CC(O)CC(=O)O)C1(C)C. The molecule has 0 aromatic heterocycles. The van der Waals surface area contributed by atoms with Crippen LogP contribution in [0.15, 0.2) is 0 Å². The third kappa shape index (κ3) is 3.91. The number of aliphatic hydroxyl groups is 1. The molecule has 1 aliphatic heterocycles. The molecule has 0 bridgehead atoms. The number of hydrogen-bond donors (Lipinski definition) is 2. The van der Waals surface area contributed by atoms with Crippen molar-refractivity contribution >= 4 is 11.9 Å². The molecule has 2 N–H and O–H groups in total. The van der Waals surface area contributed by atoms with Crippen LogP contribution in [0.5, 0.6) is 0 Å². The minimum absolute atomic E-state index is 0.0289. The van der Waals surface area contributed by atoms with Gasteiger partial charge in [0.25, 0.3) is 0 Å². The molecule has 1 saturated heterocycles. The monoisotopic (exact) mass is 272 g/mol. The van der Waals surface area contributed by atoms with Crippen LogP contribution in [-0.2, 0) is 9.59 Å². The highest BCUT2D eigenvalue weighted by molar-refractivity contribution is 5.81. The van der Waals surface area contributed by atoms with Gasteiger partial charge in [0.2, 0.25) is 5.91 Å². The Bertz CT molecular complexity index is 355. The van der Waals surface area contributed by atoms with Crippen LogP contribution in [0.3, 0.4) is 0 Å². The van der Waals surface area contributed by atoms with E-state index in [2.05, 4.69) is 0 Å². The van der Waals surface area contributed by atoms with Gasteiger partial charge < -0.3 is 15.1 Å². The summed E-state index contributed by atoms with van der Waals surface area (Å²) in [5, 5.41) is 18.4. The molecule has 0 spiro atoms. The maximum absolute atomic E-state index is 12.0. The molecular weight excluding hydrogens is 248 g/mol. The van der Waals surface area contributed by atoms with Crippen molar-refractivity contribution in [3.63, 3.8) is 0 Å². The number of aliphatic carboxylic acids is 1. The Labute approximate surface area is 114 Å². The first-order chi connectivity index (χ1) is 8.64. The van der Waals surface area contributed by atoms with E-state index in [1.54, 1.807) is 4.90 Å². The van der Waals surface area contributed by atoms with Crippen molar-refractivity contribution in [1.29, 1.82) is 0 Å². The molecule has 0 saturated carbocycles. The van der Waals surface area contributed by atoms with Gasteiger partial charge in [0.15, 0.2) is 0 Å². The van der Waals surface area contributed by atoms with Gasteiger partial charge in [0.1, 0.15) is 0 Å². The molecule has 0 radical (unpaired) electrons. The Kier molecular flexibility index (Phi) is 4.92. The van der Waals surface area contributed by atoms with Crippen molar-refractivity contribution in [3.05, 3.63) is 0 Å². The van der Waals surface area contributed by atoms with Gasteiger partial charge >= 0.3 is 5.97 Å². The van der Waals surface area contributed by atoms with E-state index in [9.17, 15) is 14.7 Å². The number of amides is 1. The first kappa shape index (κ1) is 15.9. The summed E-state index contributed by atoms with van der Waals surface area (Å²) < 4.78 is 0. The fourth-order valence-electron chi connectivity index (χ4n) is 2.42. The highest BCUT2D eigenvalue weighted by atomic mass is 16.4. The summed E-state index contributed by atoms with van der Waals surface area (Å²) in [4.78, 5) is 26.2. The number of aliphatic hydroxyl groups excluding tert-OH is 1. The van der Waals surface area contributed by atoms with Crippen LogP contribution in [0, 0.1) is 5.92 Å². The Hall–Kier alpha value is -1.14. The van der Waals surface area contributed by atoms with Crippen LogP contribution in [0.2, 0.25) is 0 Å². The van der Waals surface area contributed by atoms with E-state index in [1.807, 2.05) is 32.6 Å². The number of hydrogen-bond acceptors (Lipinski definition) is 4. The molecule has 1 rings (SSSR count). The number of carbonyl (C=O) groups is 2. The summed E-state index contributed by atoms with van der Waals surface area (Å²) in [5.41, 5.74) is -0.485. The van der Waals surface area contributed by atoms with Crippen molar-refractivity contribution in [2.75, 3.05) is 19.6 Å². The molecule has 1 atom stereocenters. The lowest BCUT2D eigenvalue weighted by molar-refractivity contribution is -0.140. The topological polar surface area (TPSA) is 81.1 Å². The maximum Gasteiger partial charge on any atom is 0.306 e. The van der Waals surface area contributed by atoms with E-state index in [0.717, 1.165) is 0 Å². The van der Waals surface area contributed by atoms with Crippen LogP contribution in [-0.4, -0.2) is 63.3 Å². The molecule has 1 aliphatic rings. The third-order valence-corrected chi connectivity index (χ3v) is 3.45. The molecule has 1 unspecified atom stereocenters. The van der Waals surface area contributed by atoms with Gasteiger partial charge in [0.05, 0.1) is 24.7 Å². The fraction of sp³-hybridized carbons (Fsp3) is 0.846. The Morgan fingerprint density at radius 3 is 2.42 bits per heavy atom. The summed E-state index contributed by atoms with van der Waals surface area (Å²) in [6.07, 6.45) is -1.26. The number of nitrogens with zero attached hydrogens (tertiary/aromatic N) is 2. The van der Waals surface area contributed by atoms with Gasteiger partial charge in [-0.1, -0.05) is 13.8 Å². The minimum atomic E-state index is -1.03. The van der Waals surface area contributed by atoms with E-state index in [4.69, 9.17) is 5.11 Å². The standard InChI is InChI=1S/C13H24N2O4/c1-9(2)6-15-11(17)8-14(13(15,3)4)7-10(16)5-12(18)19/h9-10,16H,5-8H2,1-4H3,(H,18,19). The average Bonchev–Trinajstić information content (AvgIpc) is 2.40. The number of rotatable bonds is 6. The van der Waals surface area contributed by atoms with E-state index >= 15 is 0 Å². The zero-order valence-corrected chi connectivity index (χ0v) is 12.1. The summed E-state index contributed by atoms with van der Waals surface area (Å²) in [6, 6.07) is 0. The number of carbonyl (C=O) groups excluding carboxylic acids is 1. The molecule has 0 aromatic carbocycles. The second-order valence-corrected chi connectivity index (χ2v) is 6.02. The molecule has 110 valence electrons. The molecule has 0 aliphatic carbocycles. The average molecular weight is 272 g/mol. The Morgan fingerprint density at radius 2 is 1.95 bits per heavy atom. The van der Waals surface area contributed by atoms with Crippen molar-refractivity contribution in [2.24, 2.45) is 5.92 Å². The van der Waals surface area contributed by atoms with Gasteiger partial charge in [0, 0.05) is 13.1 Å². The van der Waals surface area contributed by atoms with Crippen LogP contribution in [0.1, 0.15) is 34.1 Å². The quantitative estimate of drug-likeness (QED) is 0.729. The number of carboxylic acids is 1. The number of carboxylic acid groups (broad SMARTS) is 1. The van der Waals surface area contributed by atoms with Gasteiger partial charge in [-0.25, -0.2) is 0 Å². The molecule has 19 heavy (non-hydrogen) atoms. The van der Waals surface area contributed by atoms with Gasteiger partial charge in [-0.15, -0.1) is 0 Å². The highest BCUT2D eigenvalue weighted by Gasteiger charge is 2.44. The zero-order chi connectivity index (χ0) is 14.8. The van der Waals surface area contributed by atoms with Gasteiger partial charge in [-0.2, -0.15) is 0 Å². The van der Waals surface area contributed by atoms with Crippen molar-refractivity contribution in [2.45, 2.75) is 45.9 Å². The van der Waals surface area contributed by atoms with E-state index in [1.165, 1.54) is 0 Å². The molecule has 6 nitrogen and oxygen atoms in total. The second kappa shape index (κ2) is 5.88. The molecule has 1 fully saturated rings. The van der Waals surface area contributed by atoms with Crippen LogP contribution in [0.4, 0.5) is 0 Å². The van der Waals surface area contributed by atoms with Gasteiger partial charge in [-0.05, 0) is 19.8 Å². The maximum atomic E-state index is 12.0. The van der Waals surface area contributed by atoms with E-state index in [-0.39, 0.29) is 25.4 Å². The lowest BCUT2D eigenvalue weighted by atomic mass is 10.1. The smallest absolute Gasteiger partial charge is 0.306 e. The molecule has 0 aromatic rings. The third-order valence-electron chi connectivity index (χ3n) is 3.45. The minimum Gasteiger partial charge on any atom is -0.481 e. The Morgan fingerprint density at radius 1 is 1.37 bits per heavy atom. The fourth-order valence-corrected chi connectivity index (χ4v) is 2.42. The number of β-amino-alcohol motifs (C(OH)–C–C–N with tert-alkyl or cyclic N) is 1. The van der Waals surface area contributed by atoms with E-state index < -0.39 is 17.7 Å². The van der Waals surface area contributed by atoms with Crippen LogP contribution < -0.4 is 0 Å². The van der Waals surface area contributed by atoms with Crippen LogP contribution >= 0.6 is 0 Å². The first-order valence-corrected chi connectivity index (χ1v) is 6.60. The van der Waals surface area contributed by atoms with E-state index in [0.29, 0.717) is 12.5 Å². The van der Waals surface area contributed by atoms with Crippen molar-refractivity contribution in [1.82, 2.24) is 9.80 Å². The first-order valence-electron chi connectivity index (χ1n) is 6.60. The second-order valence-electron chi connectivity index (χ2n) is 6.02. The lowest BCUT2D eigenvalue weighted by Crippen LogP contribution is -2.52. The normalized spacial score (nSPS) is 21.2. The van der Waals surface area contributed by atoms with Crippen molar-refractivity contribution < 1.29 is 19.8 Å². The summed E-state index contributed by atoms with van der Waals surface area (Å²) in [7, 11) is 0. The highest BCUT2D eigenvalue weighted by Crippen LogP contribution is 2.28. The zero-order valence-electron chi connectivity index (χ0n) is 12.1. The molecule has 6 heteroatoms. The molecule has 1 heterocycles. The van der Waals surface area contributed by atoms with Crippen LogP contribution in [0.25, 0.3) is 0 Å². The lowest BCUT2D eigenvalue weighted by Gasteiger charge is -2.39. The summed E-state index contributed by atoms with van der Waals surface area (Å²) in [6.45, 7) is 9.03. The van der Waals surface area contributed by atoms with Gasteiger partial charge in [-0.3, -0.25) is 14.5 Å². The summed E-state index contributed by atoms with van der Waals surface area (Å²) >= 11 is 0. The molecule has 1 amide bonds. The predicted octanol–water partition coefficient (Wildman–Crippen LogP) is 0.358.